The number of methoxy groups -OCH3 is 1. The number of H-pyrrole nitrogens is 1. The largest absolute Gasteiger partial charge is 0.377 e. The Hall–Kier alpha value is -1.17. The van der Waals surface area contributed by atoms with Crippen molar-refractivity contribution in [1.29, 1.82) is 0 Å². The molecule has 1 aromatic rings. The molecule has 0 aliphatic heterocycles. The number of nitrogens with zero attached hydrogens (tertiary/aromatic N) is 3. The third kappa shape index (κ3) is 2.46. The third-order valence-corrected chi connectivity index (χ3v) is 1.57. The van der Waals surface area contributed by atoms with Gasteiger partial charge in [0, 0.05) is 13.7 Å². The van der Waals surface area contributed by atoms with E-state index in [2.05, 4.69) is 25.9 Å². The van der Waals surface area contributed by atoms with Crippen molar-refractivity contribution < 1.29 is 4.74 Å². The Balaban J connectivity index is 2.36. The minimum Gasteiger partial charge on any atom is -0.377 e. The Kier molecular flexibility index (Phi) is 2.59. The van der Waals surface area contributed by atoms with Crippen molar-refractivity contribution in [3.05, 3.63) is 0 Å². The molecule has 12 heavy (non-hydrogen) atoms. The molecular weight excluding hydrogens is 158 g/mol. The van der Waals surface area contributed by atoms with E-state index in [1.54, 1.807) is 7.11 Å². The summed E-state index contributed by atoms with van der Waals surface area (Å²) in [6.07, 6.45) is 0. The monoisotopic (exact) mass is 171 g/mol. The minimum absolute atomic E-state index is 0.222. The molecule has 0 radical (unpaired) electrons. The van der Waals surface area contributed by atoms with E-state index in [1.165, 1.54) is 0 Å². The lowest BCUT2D eigenvalue weighted by Crippen LogP contribution is -2.32. The average Bonchev–Trinajstić information content (AvgIpc) is 2.53. The van der Waals surface area contributed by atoms with Crippen LogP contribution in [0.4, 0.5) is 5.95 Å². The molecule has 0 atom stereocenters. The Morgan fingerprint density at radius 2 is 2.33 bits per heavy atom. The van der Waals surface area contributed by atoms with Crippen LogP contribution in [0.25, 0.3) is 0 Å². The summed E-state index contributed by atoms with van der Waals surface area (Å²) in [4.78, 5) is 0. The van der Waals surface area contributed by atoms with E-state index >= 15 is 0 Å². The van der Waals surface area contributed by atoms with Crippen LogP contribution in [-0.2, 0) is 4.74 Å². The Bertz CT molecular complexity index is 220. The van der Waals surface area contributed by atoms with E-state index in [0.717, 1.165) is 0 Å². The fraction of sp³-hybridized carbons (Fsp3) is 0.833. The second kappa shape index (κ2) is 3.48. The van der Waals surface area contributed by atoms with Gasteiger partial charge in [-0.15, -0.1) is 5.10 Å². The minimum atomic E-state index is -0.222. The highest BCUT2D eigenvalue weighted by atomic mass is 16.5. The SMILES string of the molecule is COC(C)(C)CNc1nn[nH]n1. The standard InChI is InChI=1S/C6H13N5O/c1-6(2,12-3)4-7-5-8-10-11-9-5/h4H2,1-3H3,(H2,7,8,9,10,11). The van der Waals surface area contributed by atoms with Gasteiger partial charge in [0.05, 0.1) is 5.60 Å². The maximum atomic E-state index is 5.19. The van der Waals surface area contributed by atoms with Crippen molar-refractivity contribution in [2.75, 3.05) is 19.0 Å². The number of hydrogen-bond donors (Lipinski definition) is 2. The van der Waals surface area contributed by atoms with E-state index in [9.17, 15) is 0 Å². The maximum Gasteiger partial charge on any atom is 0.263 e. The first kappa shape index (κ1) is 8.92. The Morgan fingerprint density at radius 3 is 2.83 bits per heavy atom. The first-order chi connectivity index (χ1) is 5.64. The van der Waals surface area contributed by atoms with Gasteiger partial charge in [0.1, 0.15) is 0 Å². The fourth-order valence-corrected chi connectivity index (χ4v) is 0.601. The number of hydrogen-bond acceptors (Lipinski definition) is 5. The summed E-state index contributed by atoms with van der Waals surface area (Å²) in [5.41, 5.74) is -0.222. The van der Waals surface area contributed by atoms with Gasteiger partial charge in [0.2, 0.25) is 0 Å². The number of tetrazole rings is 1. The van der Waals surface area contributed by atoms with E-state index in [0.29, 0.717) is 12.5 Å². The lowest BCUT2D eigenvalue weighted by molar-refractivity contribution is 0.0342. The average molecular weight is 171 g/mol. The summed E-state index contributed by atoms with van der Waals surface area (Å²) in [5.74, 6) is 0.486. The van der Waals surface area contributed by atoms with Gasteiger partial charge in [0.25, 0.3) is 5.95 Å². The van der Waals surface area contributed by atoms with Crippen LogP contribution in [-0.4, -0.2) is 39.9 Å². The van der Waals surface area contributed by atoms with Gasteiger partial charge < -0.3 is 10.1 Å². The second-order valence-electron chi connectivity index (χ2n) is 3.05. The highest BCUT2D eigenvalue weighted by Gasteiger charge is 2.16. The summed E-state index contributed by atoms with van der Waals surface area (Å²) in [6, 6.07) is 0. The van der Waals surface area contributed by atoms with Gasteiger partial charge in [-0.05, 0) is 19.1 Å². The molecule has 1 rings (SSSR count). The van der Waals surface area contributed by atoms with Crippen LogP contribution in [0.15, 0.2) is 0 Å². The van der Waals surface area contributed by atoms with Crippen LogP contribution in [0.3, 0.4) is 0 Å². The fourth-order valence-electron chi connectivity index (χ4n) is 0.601. The van der Waals surface area contributed by atoms with Crippen LogP contribution in [0.1, 0.15) is 13.8 Å². The smallest absolute Gasteiger partial charge is 0.263 e. The Morgan fingerprint density at radius 1 is 1.58 bits per heavy atom. The molecule has 0 fully saturated rings. The molecule has 0 amide bonds. The van der Waals surface area contributed by atoms with Crippen LogP contribution < -0.4 is 5.32 Å². The molecule has 0 spiro atoms. The molecule has 1 heterocycles. The zero-order valence-electron chi connectivity index (χ0n) is 7.46. The summed E-state index contributed by atoms with van der Waals surface area (Å²) < 4.78 is 5.19. The molecule has 0 saturated carbocycles. The van der Waals surface area contributed by atoms with Crippen molar-refractivity contribution in [3.63, 3.8) is 0 Å². The van der Waals surface area contributed by atoms with Gasteiger partial charge >= 0.3 is 0 Å². The summed E-state index contributed by atoms with van der Waals surface area (Å²) in [7, 11) is 1.66. The number of aromatic amines is 1. The third-order valence-electron chi connectivity index (χ3n) is 1.57. The van der Waals surface area contributed by atoms with Crippen molar-refractivity contribution in [2.24, 2.45) is 0 Å². The number of rotatable bonds is 4. The van der Waals surface area contributed by atoms with Crippen molar-refractivity contribution in [1.82, 2.24) is 20.6 Å². The Labute approximate surface area is 70.7 Å². The topological polar surface area (TPSA) is 75.7 Å². The highest BCUT2D eigenvalue weighted by molar-refractivity contribution is 5.19. The number of aromatic nitrogens is 4. The van der Waals surface area contributed by atoms with E-state index in [1.807, 2.05) is 13.8 Å². The quantitative estimate of drug-likeness (QED) is 0.668. The van der Waals surface area contributed by atoms with Crippen molar-refractivity contribution in [3.8, 4) is 0 Å². The highest BCUT2D eigenvalue weighted by Crippen LogP contribution is 2.07. The lowest BCUT2D eigenvalue weighted by atomic mass is 10.1. The van der Waals surface area contributed by atoms with E-state index < -0.39 is 0 Å². The molecule has 0 aromatic carbocycles. The molecule has 68 valence electrons. The molecule has 0 aliphatic carbocycles. The van der Waals surface area contributed by atoms with Gasteiger partial charge in [0.15, 0.2) is 0 Å². The first-order valence-corrected chi connectivity index (χ1v) is 3.66. The predicted octanol–water partition coefficient (Wildman–Crippen LogP) is 0.0366. The lowest BCUT2D eigenvalue weighted by Gasteiger charge is -2.22. The normalized spacial score (nSPS) is 11.6. The summed E-state index contributed by atoms with van der Waals surface area (Å²) in [6.45, 7) is 4.59. The molecular formula is C6H13N5O. The number of nitrogens with one attached hydrogen (secondary N) is 2. The predicted molar refractivity (Wildman–Crippen MR) is 43.8 cm³/mol. The van der Waals surface area contributed by atoms with Crippen LogP contribution in [0, 0.1) is 0 Å². The van der Waals surface area contributed by atoms with Crippen LogP contribution in [0.5, 0.6) is 0 Å². The molecule has 6 nitrogen and oxygen atoms in total. The molecule has 1 aromatic heterocycles. The van der Waals surface area contributed by atoms with Gasteiger partial charge in [-0.3, -0.25) is 0 Å². The van der Waals surface area contributed by atoms with Gasteiger partial charge in [-0.25, -0.2) is 0 Å². The van der Waals surface area contributed by atoms with E-state index in [4.69, 9.17) is 4.74 Å². The molecule has 0 aliphatic rings. The number of ether oxygens (including phenoxy) is 1. The van der Waals surface area contributed by atoms with Crippen molar-refractivity contribution in [2.45, 2.75) is 19.4 Å². The summed E-state index contributed by atoms with van der Waals surface area (Å²) >= 11 is 0. The molecule has 0 unspecified atom stereocenters. The number of anilines is 1. The van der Waals surface area contributed by atoms with Gasteiger partial charge in [-0.1, -0.05) is 5.10 Å². The molecule has 0 saturated heterocycles. The van der Waals surface area contributed by atoms with Crippen molar-refractivity contribution >= 4 is 5.95 Å². The van der Waals surface area contributed by atoms with Crippen LogP contribution in [0.2, 0.25) is 0 Å². The second-order valence-corrected chi connectivity index (χ2v) is 3.05. The zero-order chi connectivity index (χ0) is 9.03. The summed E-state index contributed by atoms with van der Waals surface area (Å²) in [5, 5.41) is 16.2. The first-order valence-electron chi connectivity index (χ1n) is 3.66. The zero-order valence-corrected chi connectivity index (χ0v) is 7.46. The molecule has 6 heteroatoms. The molecule has 0 bridgehead atoms. The van der Waals surface area contributed by atoms with Crippen LogP contribution >= 0.6 is 0 Å². The maximum absolute atomic E-state index is 5.19. The van der Waals surface area contributed by atoms with Gasteiger partial charge in [-0.2, -0.15) is 5.21 Å². The molecule has 2 N–H and O–H groups in total. The van der Waals surface area contributed by atoms with E-state index in [-0.39, 0.29) is 5.60 Å².